The summed E-state index contributed by atoms with van der Waals surface area (Å²) >= 11 is 0. The van der Waals surface area contributed by atoms with E-state index in [2.05, 4.69) is 0 Å². The van der Waals surface area contributed by atoms with Crippen LogP contribution in [0.5, 0.6) is 28.7 Å². The molecule has 29 heavy (non-hydrogen) atoms. The van der Waals surface area contributed by atoms with E-state index in [1.165, 1.54) is 28.4 Å². The number of Topliss-reactive ketones (excluding diaryl/α,β-unsaturated/α-hetero) is 1. The molecule has 0 bridgehead atoms. The number of rotatable bonds is 9. The molecule has 0 spiro atoms. The first kappa shape index (κ1) is 21.9. The van der Waals surface area contributed by atoms with Crippen LogP contribution in [0.4, 0.5) is 5.69 Å². The topological polar surface area (TPSA) is 89.2 Å². The fraction of sp³-hybridized carbons (Fsp3) is 0.318. The maximum absolute atomic E-state index is 13.2. The number of nitrogen functional groups attached to an aromatic ring is 1. The van der Waals surface area contributed by atoms with Crippen molar-refractivity contribution in [2.24, 2.45) is 0 Å². The van der Waals surface area contributed by atoms with Crippen LogP contribution in [0.2, 0.25) is 0 Å². The molecule has 0 aromatic heterocycles. The zero-order chi connectivity index (χ0) is 21.6. The third kappa shape index (κ3) is 4.56. The summed E-state index contributed by atoms with van der Waals surface area (Å²) in [4.78, 5) is 13.2. The largest absolute Gasteiger partial charge is 0.493 e. The molecule has 2 rings (SSSR count). The minimum atomic E-state index is -0.240. The molecule has 156 valence electrons. The van der Waals surface area contributed by atoms with E-state index in [9.17, 15) is 4.79 Å². The average molecular weight is 401 g/mol. The minimum absolute atomic E-state index is 0.240. The number of methoxy groups -OCH3 is 4. The lowest BCUT2D eigenvalue weighted by molar-refractivity contribution is 0.103. The monoisotopic (exact) mass is 401 g/mol. The maximum Gasteiger partial charge on any atom is 0.208 e. The average Bonchev–Trinajstić information content (AvgIpc) is 2.73. The molecule has 0 saturated heterocycles. The number of carbonyl (C=O) groups is 1. The summed E-state index contributed by atoms with van der Waals surface area (Å²) < 4.78 is 27.1. The second-order valence-electron chi connectivity index (χ2n) is 6.11. The van der Waals surface area contributed by atoms with Gasteiger partial charge in [-0.25, -0.2) is 0 Å². The van der Waals surface area contributed by atoms with Crippen LogP contribution < -0.4 is 29.4 Å². The van der Waals surface area contributed by atoms with Gasteiger partial charge in [0, 0.05) is 0 Å². The van der Waals surface area contributed by atoms with E-state index in [4.69, 9.17) is 29.4 Å². The summed E-state index contributed by atoms with van der Waals surface area (Å²) in [6.07, 6.45) is 1.76. The quantitative estimate of drug-likeness (QED) is 0.386. The molecule has 0 aliphatic carbocycles. The molecule has 0 aliphatic rings. The summed E-state index contributed by atoms with van der Waals surface area (Å²) in [5.41, 5.74) is 8.04. The van der Waals surface area contributed by atoms with Gasteiger partial charge in [0.05, 0.1) is 46.3 Å². The molecule has 2 aromatic rings. The Kier molecular flexibility index (Phi) is 7.36. The first-order valence-electron chi connectivity index (χ1n) is 9.03. The molecule has 7 heteroatoms. The molecule has 0 amide bonds. The second-order valence-corrected chi connectivity index (χ2v) is 6.11. The minimum Gasteiger partial charge on any atom is -0.493 e. The van der Waals surface area contributed by atoms with E-state index in [0.29, 0.717) is 40.7 Å². The number of allylic oxidation sites excluding steroid dienone is 1. The van der Waals surface area contributed by atoms with Gasteiger partial charge in [0.1, 0.15) is 5.75 Å². The Morgan fingerprint density at radius 1 is 0.931 bits per heavy atom. The van der Waals surface area contributed by atoms with Crippen LogP contribution in [0.1, 0.15) is 29.8 Å². The molecule has 0 radical (unpaired) electrons. The highest BCUT2D eigenvalue weighted by Gasteiger charge is 2.25. The first-order valence-corrected chi connectivity index (χ1v) is 9.03. The van der Waals surface area contributed by atoms with Crippen molar-refractivity contribution in [2.75, 3.05) is 40.8 Å². The highest BCUT2D eigenvalue weighted by atomic mass is 16.5. The third-order valence-electron chi connectivity index (χ3n) is 4.31. The van der Waals surface area contributed by atoms with E-state index in [1.54, 1.807) is 31.2 Å². The molecule has 0 unspecified atom stereocenters. The molecule has 2 N–H and O–H groups in total. The summed E-state index contributed by atoms with van der Waals surface area (Å²) in [6.45, 7) is 4.10. The molecule has 0 atom stereocenters. The normalized spacial score (nSPS) is 11.0. The van der Waals surface area contributed by atoms with Gasteiger partial charge in [-0.2, -0.15) is 0 Å². The molecule has 0 aliphatic heterocycles. The smallest absolute Gasteiger partial charge is 0.208 e. The van der Waals surface area contributed by atoms with Crippen LogP contribution in [0.15, 0.2) is 29.8 Å². The first-order chi connectivity index (χ1) is 13.9. The van der Waals surface area contributed by atoms with Gasteiger partial charge in [-0.15, -0.1) is 0 Å². The van der Waals surface area contributed by atoms with Crippen molar-refractivity contribution >= 4 is 17.5 Å². The Hall–Kier alpha value is -3.35. The molecule has 0 saturated carbocycles. The number of carbonyl (C=O) groups excluding carboxylic acids is 1. The number of benzene rings is 2. The SMILES string of the molecule is CCOc1cc(C=C(C)C(=O)c2cc(OC)c(OC)c(OC)c2OC)ccc1N. The standard InChI is InChI=1S/C22H27NO6/c1-7-29-17-11-14(8-9-16(17)23)10-13(2)19(24)15-12-18(25-3)21(27-5)22(28-6)20(15)26-4/h8-12H,7,23H2,1-6H3. The van der Waals surface area contributed by atoms with Crippen molar-refractivity contribution in [3.63, 3.8) is 0 Å². The number of ketones is 1. The Labute approximate surface area is 171 Å². The zero-order valence-corrected chi connectivity index (χ0v) is 17.6. The van der Waals surface area contributed by atoms with Gasteiger partial charge >= 0.3 is 0 Å². The van der Waals surface area contributed by atoms with Gasteiger partial charge in [-0.1, -0.05) is 6.07 Å². The number of ether oxygens (including phenoxy) is 5. The van der Waals surface area contributed by atoms with E-state index in [-0.39, 0.29) is 17.3 Å². The zero-order valence-electron chi connectivity index (χ0n) is 17.6. The summed E-state index contributed by atoms with van der Waals surface area (Å²) in [5.74, 6) is 1.62. The van der Waals surface area contributed by atoms with Crippen molar-refractivity contribution in [1.29, 1.82) is 0 Å². The molecule has 7 nitrogen and oxygen atoms in total. The van der Waals surface area contributed by atoms with Crippen molar-refractivity contribution in [3.8, 4) is 28.7 Å². The molecule has 0 heterocycles. The van der Waals surface area contributed by atoms with Gasteiger partial charge in [0.25, 0.3) is 0 Å². The Morgan fingerprint density at radius 3 is 2.14 bits per heavy atom. The highest BCUT2D eigenvalue weighted by molar-refractivity contribution is 6.13. The summed E-state index contributed by atoms with van der Waals surface area (Å²) in [7, 11) is 5.92. The third-order valence-corrected chi connectivity index (χ3v) is 4.31. The Bertz CT molecular complexity index is 920. The van der Waals surface area contributed by atoms with E-state index in [0.717, 1.165) is 5.56 Å². The van der Waals surface area contributed by atoms with Crippen molar-refractivity contribution in [2.45, 2.75) is 13.8 Å². The predicted octanol–water partition coefficient (Wildman–Crippen LogP) is 3.99. The van der Waals surface area contributed by atoms with Crippen molar-refractivity contribution in [1.82, 2.24) is 0 Å². The Morgan fingerprint density at radius 2 is 1.59 bits per heavy atom. The summed E-state index contributed by atoms with van der Waals surface area (Å²) in [6, 6.07) is 6.94. The highest BCUT2D eigenvalue weighted by Crippen LogP contribution is 2.47. The number of hydrogen-bond acceptors (Lipinski definition) is 7. The number of anilines is 1. The van der Waals surface area contributed by atoms with E-state index >= 15 is 0 Å². The fourth-order valence-electron chi connectivity index (χ4n) is 2.95. The second kappa shape index (κ2) is 9.73. The van der Waals surface area contributed by atoms with Crippen LogP contribution in [0, 0.1) is 0 Å². The lowest BCUT2D eigenvalue weighted by Gasteiger charge is -2.18. The lowest BCUT2D eigenvalue weighted by Crippen LogP contribution is -2.07. The van der Waals surface area contributed by atoms with Crippen LogP contribution in [-0.4, -0.2) is 40.8 Å². The number of hydrogen-bond donors (Lipinski definition) is 1. The number of nitrogens with two attached hydrogens (primary N) is 1. The van der Waals surface area contributed by atoms with E-state index < -0.39 is 0 Å². The van der Waals surface area contributed by atoms with Crippen LogP contribution in [0.25, 0.3) is 6.08 Å². The molecular weight excluding hydrogens is 374 g/mol. The lowest BCUT2D eigenvalue weighted by atomic mass is 10.00. The van der Waals surface area contributed by atoms with E-state index in [1.807, 2.05) is 13.0 Å². The Balaban J connectivity index is 2.53. The van der Waals surface area contributed by atoms with Gasteiger partial charge in [0.15, 0.2) is 17.3 Å². The maximum atomic E-state index is 13.2. The molecule has 0 fully saturated rings. The van der Waals surface area contributed by atoms with Gasteiger partial charge in [-0.3, -0.25) is 4.79 Å². The van der Waals surface area contributed by atoms with Crippen molar-refractivity contribution < 1.29 is 28.5 Å². The van der Waals surface area contributed by atoms with Gasteiger partial charge < -0.3 is 29.4 Å². The predicted molar refractivity (Wildman–Crippen MR) is 113 cm³/mol. The van der Waals surface area contributed by atoms with Crippen molar-refractivity contribution in [3.05, 3.63) is 41.0 Å². The van der Waals surface area contributed by atoms with Gasteiger partial charge in [-0.05, 0) is 49.3 Å². The van der Waals surface area contributed by atoms with Crippen LogP contribution in [0.3, 0.4) is 0 Å². The van der Waals surface area contributed by atoms with Gasteiger partial charge in [0.2, 0.25) is 11.5 Å². The molecule has 2 aromatic carbocycles. The van der Waals surface area contributed by atoms with Crippen LogP contribution in [-0.2, 0) is 0 Å². The molecular formula is C22H27NO6. The van der Waals surface area contributed by atoms with Crippen LogP contribution >= 0.6 is 0 Å². The summed E-state index contributed by atoms with van der Waals surface area (Å²) in [5, 5.41) is 0. The fourth-order valence-corrected chi connectivity index (χ4v) is 2.95.